The summed E-state index contributed by atoms with van der Waals surface area (Å²) in [4.78, 5) is 41.7. The van der Waals surface area contributed by atoms with Crippen LogP contribution in [-0.2, 0) is 20.6 Å². The van der Waals surface area contributed by atoms with Crippen molar-refractivity contribution in [3.63, 3.8) is 0 Å². The van der Waals surface area contributed by atoms with E-state index in [1.165, 1.54) is 24.3 Å². The molecule has 2 rings (SSSR count). The first-order valence-electron chi connectivity index (χ1n) is 6.47. The minimum Gasteiger partial charge on any atom is -0.508 e. The topological polar surface area (TPSA) is 144 Å². The maximum atomic E-state index is 12.3. The standard InChI is InChI=1S/C14H14NO7P/c16-9-3-1-8(2-4-9)5-12(18)14-11(15-23(20,21)22)6-10(17)7-13(14)19/h1-4,7,16,19H,5-6H2,(H3,15,20,21,22). The van der Waals surface area contributed by atoms with Gasteiger partial charge in [0.2, 0.25) is 0 Å². The summed E-state index contributed by atoms with van der Waals surface area (Å²) in [6.45, 7) is 0. The number of aromatic hydroxyl groups is 1. The Morgan fingerprint density at radius 3 is 2.35 bits per heavy atom. The summed E-state index contributed by atoms with van der Waals surface area (Å²) < 4.78 is 11.1. The predicted octanol–water partition coefficient (Wildman–Crippen LogP) is 0.855. The molecule has 1 aromatic rings. The lowest BCUT2D eigenvalue weighted by Crippen LogP contribution is -2.24. The summed E-state index contributed by atoms with van der Waals surface area (Å²) in [5.41, 5.74) is -0.117. The highest BCUT2D eigenvalue weighted by atomic mass is 31.2. The molecule has 0 bridgehead atoms. The molecule has 0 aliphatic heterocycles. The van der Waals surface area contributed by atoms with Gasteiger partial charge in [0.05, 0.1) is 12.0 Å². The molecule has 0 amide bonds. The molecule has 8 nitrogen and oxygen atoms in total. The van der Waals surface area contributed by atoms with Crippen LogP contribution in [0.25, 0.3) is 0 Å². The number of ketones is 2. The Balaban J connectivity index is 2.34. The average molecular weight is 339 g/mol. The first-order chi connectivity index (χ1) is 10.7. The highest BCUT2D eigenvalue weighted by Crippen LogP contribution is 2.34. The second kappa shape index (κ2) is 6.37. The molecule has 0 saturated heterocycles. The van der Waals surface area contributed by atoms with E-state index in [1.807, 2.05) is 5.09 Å². The Bertz CT molecular complexity index is 758. The van der Waals surface area contributed by atoms with Crippen LogP contribution < -0.4 is 5.09 Å². The zero-order valence-electron chi connectivity index (χ0n) is 11.8. The number of hydrogen-bond donors (Lipinski definition) is 5. The number of rotatable bonds is 5. The van der Waals surface area contributed by atoms with Crippen LogP contribution in [0.5, 0.6) is 5.75 Å². The van der Waals surface area contributed by atoms with E-state index < -0.39 is 31.5 Å². The van der Waals surface area contributed by atoms with Gasteiger partial charge in [-0.1, -0.05) is 12.1 Å². The molecule has 122 valence electrons. The van der Waals surface area contributed by atoms with E-state index in [0.717, 1.165) is 6.08 Å². The Morgan fingerprint density at radius 2 is 1.78 bits per heavy atom. The highest BCUT2D eigenvalue weighted by Gasteiger charge is 2.29. The van der Waals surface area contributed by atoms with Crippen molar-refractivity contribution in [3.05, 3.63) is 52.9 Å². The van der Waals surface area contributed by atoms with Gasteiger partial charge in [0, 0.05) is 18.2 Å². The van der Waals surface area contributed by atoms with Crippen LogP contribution >= 0.6 is 7.75 Å². The average Bonchev–Trinajstić information content (AvgIpc) is 2.38. The second-order valence-electron chi connectivity index (χ2n) is 4.95. The molecule has 5 N–H and O–H groups in total. The number of Topliss-reactive ketones (excluding diaryl/α,β-unsaturated/α-hetero) is 1. The van der Waals surface area contributed by atoms with Gasteiger partial charge in [-0.05, 0) is 17.7 Å². The minimum atomic E-state index is -4.74. The number of carbonyl (C=O) groups excluding carboxylic acids is 2. The van der Waals surface area contributed by atoms with Crippen LogP contribution in [0.1, 0.15) is 12.0 Å². The molecular formula is C14H14NO7P. The summed E-state index contributed by atoms with van der Waals surface area (Å²) in [6, 6.07) is 5.76. The summed E-state index contributed by atoms with van der Waals surface area (Å²) >= 11 is 0. The van der Waals surface area contributed by atoms with Gasteiger partial charge in [-0.15, -0.1) is 0 Å². The number of carbonyl (C=O) groups is 2. The molecule has 0 atom stereocenters. The normalized spacial score (nSPS) is 15.4. The summed E-state index contributed by atoms with van der Waals surface area (Å²) in [5, 5.41) is 20.8. The molecular weight excluding hydrogens is 325 g/mol. The fourth-order valence-electron chi connectivity index (χ4n) is 2.16. The zero-order chi connectivity index (χ0) is 17.2. The first kappa shape index (κ1) is 17.0. The summed E-state index contributed by atoms with van der Waals surface area (Å²) in [6.07, 6.45) is 0.245. The molecule has 1 aliphatic carbocycles. The number of phenols is 1. The van der Waals surface area contributed by atoms with Crippen molar-refractivity contribution in [2.45, 2.75) is 12.8 Å². The molecule has 0 radical (unpaired) electrons. The van der Waals surface area contributed by atoms with Gasteiger partial charge in [0.1, 0.15) is 11.5 Å². The number of allylic oxidation sites excluding steroid dienone is 3. The lowest BCUT2D eigenvalue weighted by molar-refractivity contribution is -0.115. The zero-order valence-corrected chi connectivity index (χ0v) is 12.7. The third kappa shape index (κ3) is 4.53. The number of hydrogen-bond acceptors (Lipinski definition) is 5. The fourth-order valence-corrected chi connectivity index (χ4v) is 2.71. The van der Waals surface area contributed by atoms with Crippen LogP contribution in [0.15, 0.2) is 47.4 Å². The van der Waals surface area contributed by atoms with E-state index in [2.05, 4.69) is 0 Å². The molecule has 0 heterocycles. The van der Waals surface area contributed by atoms with Crippen molar-refractivity contribution in [1.82, 2.24) is 5.09 Å². The Labute approximate surface area is 131 Å². The van der Waals surface area contributed by atoms with Crippen LogP contribution in [0.3, 0.4) is 0 Å². The molecule has 0 saturated carbocycles. The van der Waals surface area contributed by atoms with Crippen molar-refractivity contribution in [2.75, 3.05) is 0 Å². The summed E-state index contributed by atoms with van der Waals surface area (Å²) in [5.74, 6) is -1.82. The van der Waals surface area contributed by atoms with E-state index >= 15 is 0 Å². The maximum absolute atomic E-state index is 12.3. The molecule has 23 heavy (non-hydrogen) atoms. The number of aliphatic hydroxyl groups is 1. The van der Waals surface area contributed by atoms with Crippen LogP contribution in [0.2, 0.25) is 0 Å². The van der Waals surface area contributed by atoms with Crippen molar-refractivity contribution < 1.29 is 34.2 Å². The smallest absolute Gasteiger partial charge is 0.427 e. The maximum Gasteiger partial charge on any atom is 0.427 e. The fraction of sp³-hybridized carbons (Fsp3) is 0.143. The monoisotopic (exact) mass is 339 g/mol. The van der Waals surface area contributed by atoms with E-state index in [0.29, 0.717) is 5.56 Å². The van der Waals surface area contributed by atoms with Crippen LogP contribution in [-0.4, -0.2) is 31.6 Å². The SMILES string of the molecule is O=C1C=C(O)C(C(=O)Cc2ccc(O)cc2)=C(NP(=O)(O)O)C1. The quantitative estimate of drug-likeness (QED) is 0.497. The molecule has 1 aliphatic rings. The molecule has 0 spiro atoms. The Morgan fingerprint density at radius 1 is 1.17 bits per heavy atom. The molecule has 0 fully saturated rings. The highest BCUT2D eigenvalue weighted by molar-refractivity contribution is 7.49. The van der Waals surface area contributed by atoms with Crippen molar-refractivity contribution in [2.24, 2.45) is 0 Å². The van der Waals surface area contributed by atoms with Gasteiger partial charge in [0.15, 0.2) is 11.6 Å². The third-order valence-electron chi connectivity index (χ3n) is 3.07. The molecule has 0 unspecified atom stereocenters. The van der Waals surface area contributed by atoms with Gasteiger partial charge in [-0.25, -0.2) is 4.57 Å². The lowest BCUT2D eigenvalue weighted by atomic mass is 9.94. The van der Waals surface area contributed by atoms with E-state index in [9.17, 15) is 24.4 Å². The number of nitrogens with one attached hydrogen (secondary N) is 1. The predicted molar refractivity (Wildman–Crippen MR) is 79.4 cm³/mol. The third-order valence-corrected chi connectivity index (χ3v) is 3.63. The van der Waals surface area contributed by atoms with Crippen LogP contribution in [0.4, 0.5) is 0 Å². The second-order valence-corrected chi connectivity index (χ2v) is 6.26. The van der Waals surface area contributed by atoms with Gasteiger partial charge in [0.25, 0.3) is 0 Å². The van der Waals surface area contributed by atoms with Gasteiger partial charge in [-0.2, -0.15) is 0 Å². The van der Waals surface area contributed by atoms with E-state index in [1.54, 1.807) is 0 Å². The van der Waals surface area contributed by atoms with Gasteiger partial charge < -0.3 is 20.0 Å². The molecule has 9 heteroatoms. The van der Waals surface area contributed by atoms with E-state index in [-0.39, 0.29) is 23.4 Å². The van der Waals surface area contributed by atoms with Gasteiger partial charge >= 0.3 is 7.75 Å². The number of benzene rings is 1. The van der Waals surface area contributed by atoms with Gasteiger partial charge in [-0.3, -0.25) is 14.7 Å². The Kier molecular flexibility index (Phi) is 4.70. The minimum absolute atomic E-state index is 0.0234. The molecule has 1 aromatic carbocycles. The van der Waals surface area contributed by atoms with E-state index in [4.69, 9.17) is 9.79 Å². The van der Waals surface area contributed by atoms with Crippen molar-refractivity contribution in [1.29, 1.82) is 0 Å². The number of phenolic OH excluding ortho intramolecular Hbond substituents is 1. The van der Waals surface area contributed by atoms with Crippen molar-refractivity contribution in [3.8, 4) is 5.75 Å². The van der Waals surface area contributed by atoms with Crippen LogP contribution in [0, 0.1) is 0 Å². The van der Waals surface area contributed by atoms with Crippen molar-refractivity contribution >= 4 is 19.3 Å². The number of aliphatic hydroxyl groups excluding tert-OH is 1. The largest absolute Gasteiger partial charge is 0.508 e. The lowest BCUT2D eigenvalue weighted by Gasteiger charge is -2.19. The Hall–Kier alpha value is -2.41. The first-order valence-corrected chi connectivity index (χ1v) is 8.09. The summed E-state index contributed by atoms with van der Waals surface area (Å²) in [7, 11) is -4.74. The molecule has 0 aromatic heterocycles.